The van der Waals surface area contributed by atoms with Crippen LogP contribution in [0.1, 0.15) is 71.6 Å². The molecule has 0 aliphatic heterocycles. The molecule has 1 nitrogen and oxygen atoms in total. The predicted molar refractivity (Wildman–Crippen MR) is 67.3 cm³/mol. The van der Waals surface area contributed by atoms with E-state index in [4.69, 9.17) is 0 Å². The summed E-state index contributed by atoms with van der Waals surface area (Å²) in [6, 6.07) is 0. The Hall–Kier alpha value is -0.330. The molecule has 0 aromatic rings. The van der Waals surface area contributed by atoms with Gasteiger partial charge in [-0.3, -0.25) is 4.79 Å². The second-order valence-electron chi connectivity index (χ2n) is 6.22. The zero-order chi connectivity index (χ0) is 11.6. The van der Waals surface area contributed by atoms with Gasteiger partial charge in [-0.2, -0.15) is 0 Å². The van der Waals surface area contributed by atoms with Crippen LogP contribution in [0.2, 0.25) is 0 Å². The molecular weight excluding hydrogens is 196 g/mol. The summed E-state index contributed by atoms with van der Waals surface area (Å²) in [7, 11) is 0. The molecule has 0 radical (unpaired) electrons. The number of ketones is 1. The maximum atomic E-state index is 11.4. The summed E-state index contributed by atoms with van der Waals surface area (Å²) in [4.78, 5) is 11.4. The lowest BCUT2D eigenvalue weighted by molar-refractivity contribution is -0.120. The zero-order valence-corrected chi connectivity index (χ0v) is 10.9. The van der Waals surface area contributed by atoms with Crippen molar-refractivity contribution in [2.75, 3.05) is 0 Å². The first-order chi connectivity index (χ1) is 7.67. The molecule has 2 fully saturated rings. The van der Waals surface area contributed by atoms with Gasteiger partial charge in [0.05, 0.1) is 0 Å². The molecule has 2 saturated carbocycles. The van der Waals surface area contributed by atoms with Crippen molar-refractivity contribution in [2.24, 2.45) is 17.3 Å². The van der Waals surface area contributed by atoms with Crippen LogP contribution in [0.25, 0.3) is 0 Å². The van der Waals surface area contributed by atoms with Crippen LogP contribution < -0.4 is 0 Å². The van der Waals surface area contributed by atoms with Crippen molar-refractivity contribution >= 4 is 5.78 Å². The molecule has 2 rings (SSSR count). The minimum atomic E-state index is 0.473. The van der Waals surface area contributed by atoms with Gasteiger partial charge in [-0.05, 0) is 55.8 Å². The number of carbonyl (C=O) groups is 1. The molecule has 1 spiro atoms. The summed E-state index contributed by atoms with van der Waals surface area (Å²) < 4.78 is 0. The van der Waals surface area contributed by atoms with Crippen LogP contribution in [0.5, 0.6) is 0 Å². The van der Waals surface area contributed by atoms with Gasteiger partial charge in [0, 0.05) is 12.8 Å². The van der Waals surface area contributed by atoms with E-state index in [9.17, 15) is 4.79 Å². The lowest BCUT2D eigenvalue weighted by Crippen LogP contribution is -2.40. The highest BCUT2D eigenvalue weighted by Crippen LogP contribution is 2.56. The summed E-state index contributed by atoms with van der Waals surface area (Å²) in [5, 5.41) is 0. The summed E-state index contributed by atoms with van der Waals surface area (Å²) in [5.74, 6) is 2.22. The third-order valence-electron chi connectivity index (χ3n) is 5.10. The molecule has 0 unspecified atom stereocenters. The SMILES string of the molecule is CCC(=O)CC1CCC2(CC1)CC(CC)C2. The summed E-state index contributed by atoms with van der Waals surface area (Å²) >= 11 is 0. The van der Waals surface area contributed by atoms with Crippen LogP contribution in [-0.4, -0.2) is 5.78 Å². The van der Waals surface area contributed by atoms with Gasteiger partial charge >= 0.3 is 0 Å². The number of carbonyl (C=O) groups excluding carboxylic acids is 1. The van der Waals surface area contributed by atoms with Crippen molar-refractivity contribution in [1.29, 1.82) is 0 Å². The molecular formula is C15H26O. The Morgan fingerprint density at radius 3 is 2.25 bits per heavy atom. The first kappa shape index (κ1) is 12.1. The quantitative estimate of drug-likeness (QED) is 0.691. The number of hydrogen-bond donors (Lipinski definition) is 0. The maximum absolute atomic E-state index is 11.4. The normalized spacial score (nSPS) is 38.4. The lowest BCUT2D eigenvalue weighted by Gasteiger charge is -2.51. The topological polar surface area (TPSA) is 17.1 Å². The minimum Gasteiger partial charge on any atom is -0.300 e. The Balaban J connectivity index is 1.73. The average Bonchev–Trinajstić information content (AvgIpc) is 2.27. The van der Waals surface area contributed by atoms with Gasteiger partial charge in [0.15, 0.2) is 0 Å². The second-order valence-corrected chi connectivity index (χ2v) is 6.22. The minimum absolute atomic E-state index is 0.473. The molecule has 2 aliphatic rings. The van der Waals surface area contributed by atoms with E-state index in [-0.39, 0.29) is 0 Å². The molecule has 0 bridgehead atoms. The fourth-order valence-electron chi connectivity index (χ4n) is 3.82. The van der Waals surface area contributed by atoms with Crippen LogP contribution in [-0.2, 0) is 4.79 Å². The summed E-state index contributed by atoms with van der Waals surface area (Å²) in [6.07, 6.45) is 11.4. The Morgan fingerprint density at radius 1 is 1.12 bits per heavy atom. The Kier molecular flexibility index (Phi) is 3.71. The van der Waals surface area contributed by atoms with Gasteiger partial charge in [0.25, 0.3) is 0 Å². The van der Waals surface area contributed by atoms with Gasteiger partial charge in [0.2, 0.25) is 0 Å². The highest BCUT2D eigenvalue weighted by Gasteiger charge is 2.44. The van der Waals surface area contributed by atoms with E-state index in [2.05, 4.69) is 6.92 Å². The van der Waals surface area contributed by atoms with Crippen molar-refractivity contribution in [3.05, 3.63) is 0 Å². The third kappa shape index (κ3) is 2.49. The third-order valence-corrected chi connectivity index (χ3v) is 5.10. The number of hydrogen-bond acceptors (Lipinski definition) is 1. The second kappa shape index (κ2) is 4.89. The van der Waals surface area contributed by atoms with Crippen LogP contribution in [0, 0.1) is 17.3 Å². The van der Waals surface area contributed by atoms with Gasteiger partial charge in [-0.25, -0.2) is 0 Å². The molecule has 0 saturated heterocycles. The molecule has 0 aromatic heterocycles. The number of rotatable bonds is 4. The van der Waals surface area contributed by atoms with E-state index < -0.39 is 0 Å². The van der Waals surface area contributed by atoms with E-state index in [1.165, 1.54) is 44.9 Å². The first-order valence-corrected chi connectivity index (χ1v) is 7.19. The van der Waals surface area contributed by atoms with Gasteiger partial charge in [-0.15, -0.1) is 0 Å². The van der Waals surface area contributed by atoms with Crippen molar-refractivity contribution < 1.29 is 4.79 Å². The van der Waals surface area contributed by atoms with Crippen molar-refractivity contribution in [2.45, 2.75) is 71.6 Å². The van der Waals surface area contributed by atoms with E-state index in [0.29, 0.717) is 5.78 Å². The van der Waals surface area contributed by atoms with E-state index in [1.54, 1.807) is 0 Å². The maximum Gasteiger partial charge on any atom is 0.132 e. The van der Waals surface area contributed by atoms with Crippen molar-refractivity contribution in [3.63, 3.8) is 0 Å². The molecule has 0 aromatic carbocycles. The van der Waals surface area contributed by atoms with Crippen molar-refractivity contribution in [3.8, 4) is 0 Å². The Labute approximate surface area is 100.0 Å². The van der Waals surface area contributed by atoms with Gasteiger partial charge in [0.1, 0.15) is 5.78 Å². The summed E-state index contributed by atoms with van der Waals surface area (Å²) in [5.41, 5.74) is 0.729. The molecule has 0 N–H and O–H groups in total. The fourth-order valence-corrected chi connectivity index (χ4v) is 3.82. The predicted octanol–water partition coefficient (Wildman–Crippen LogP) is 4.35. The fraction of sp³-hybridized carbons (Fsp3) is 0.933. The van der Waals surface area contributed by atoms with Crippen molar-refractivity contribution in [1.82, 2.24) is 0 Å². The van der Waals surface area contributed by atoms with E-state index >= 15 is 0 Å². The number of Topliss-reactive ketones (excluding diaryl/α,β-unsaturated/α-hetero) is 1. The van der Waals surface area contributed by atoms with Gasteiger partial charge in [-0.1, -0.05) is 20.3 Å². The highest BCUT2D eigenvalue weighted by molar-refractivity contribution is 5.78. The average molecular weight is 222 g/mol. The molecule has 92 valence electrons. The lowest BCUT2D eigenvalue weighted by atomic mass is 9.54. The standard InChI is InChI=1S/C15H26O/c1-3-12-10-15(11-12)7-5-13(6-8-15)9-14(16)4-2/h12-13H,3-11H2,1-2H3. The van der Waals surface area contributed by atoms with Crippen LogP contribution in [0.4, 0.5) is 0 Å². The smallest absolute Gasteiger partial charge is 0.132 e. The van der Waals surface area contributed by atoms with E-state index in [1.807, 2.05) is 6.92 Å². The van der Waals surface area contributed by atoms with Crippen LogP contribution in [0.3, 0.4) is 0 Å². The van der Waals surface area contributed by atoms with E-state index in [0.717, 1.165) is 30.1 Å². The van der Waals surface area contributed by atoms with Crippen LogP contribution >= 0.6 is 0 Å². The molecule has 2 aliphatic carbocycles. The Morgan fingerprint density at radius 2 is 1.75 bits per heavy atom. The largest absolute Gasteiger partial charge is 0.300 e. The first-order valence-electron chi connectivity index (χ1n) is 7.19. The highest BCUT2D eigenvalue weighted by atomic mass is 16.1. The monoisotopic (exact) mass is 222 g/mol. The molecule has 0 atom stereocenters. The van der Waals surface area contributed by atoms with Gasteiger partial charge < -0.3 is 0 Å². The van der Waals surface area contributed by atoms with Crippen LogP contribution in [0.15, 0.2) is 0 Å². The Bertz CT molecular complexity index is 240. The molecule has 1 heteroatoms. The summed E-state index contributed by atoms with van der Waals surface area (Å²) in [6.45, 7) is 4.31. The molecule has 0 amide bonds. The molecule has 16 heavy (non-hydrogen) atoms. The molecule has 0 heterocycles. The zero-order valence-electron chi connectivity index (χ0n) is 10.9.